The number of carbonyl (C=O) groups is 2. The van der Waals surface area contributed by atoms with Crippen LogP contribution in [0.2, 0.25) is 10.0 Å². The average Bonchev–Trinajstić information content (AvgIpc) is 2.91. The molecule has 1 aliphatic heterocycles. The van der Waals surface area contributed by atoms with Crippen molar-refractivity contribution < 1.29 is 9.59 Å². The summed E-state index contributed by atoms with van der Waals surface area (Å²) >= 11 is 12.4. The van der Waals surface area contributed by atoms with Gasteiger partial charge >= 0.3 is 6.03 Å². The van der Waals surface area contributed by atoms with Gasteiger partial charge in [0.05, 0.1) is 10.0 Å². The predicted molar refractivity (Wildman–Crippen MR) is 102 cm³/mol. The lowest BCUT2D eigenvalue weighted by Crippen LogP contribution is -2.72. The van der Waals surface area contributed by atoms with Gasteiger partial charge in [-0.25, -0.2) is 4.79 Å². The van der Waals surface area contributed by atoms with E-state index >= 15 is 0 Å². The maximum absolute atomic E-state index is 12.8. The van der Waals surface area contributed by atoms with Crippen molar-refractivity contribution in [2.75, 3.05) is 20.1 Å². The van der Waals surface area contributed by atoms with E-state index in [0.29, 0.717) is 28.8 Å². The van der Waals surface area contributed by atoms with Crippen LogP contribution in [0.25, 0.3) is 10.9 Å². The molecule has 138 valence electrons. The number of nitrogens with zero attached hydrogens (tertiary/aromatic N) is 2. The number of nitrogens with one attached hydrogen (secondary N) is 2. The van der Waals surface area contributed by atoms with Gasteiger partial charge < -0.3 is 20.1 Å². The lowest BCUT2D eigenvalue weighted by molar-refractivity contribution is -0.0622. The van der Waals surface area contributed by atoms with E-state index < -0.39 is 0 Å². The minimum absolute atomic E-state index is 0.0215. The van der Waals surface area contributed by atoms with Crippen molar-refractivity contribution in [3.8, 4) is 0 Å². The third kappa shape index (κ3) is 2.47. The van der Waals surface area contributed by atoms with Gasteiger partial charge in [-0.3, -0.25) is 4.79 Å². The summed E-state index contributed by atoms with van der Waals surface area (Å²) in [7, 11) is 3.47. The van der Waals surface area contributed by atoms with E-state index in [2.05, 4.69) is 10.6 Å². The summed E-state index contributed by atoms with van der Waals surface area (Å²) in [5, 5.41) is 7.48. The summed E-state index contributed by atoms with van der Waals surface area (Å²) in [6.45, 7) is 1.38. The average molecular weight is 395 g/mol. The van der Waals surface area contributed by atoms with Crippen molar-refractivity contribution in [2.24, 2.45) is 12.5 Å². The molecule has 1 aromatic carbocycles. The first-order valence-corrected chi connectivity index (χ1v) is 9.33. The topological polar surface area (TPSA) is 66.4 Å². The second kappa shape index (κ2) is 6.06. The molecule has 1 atom stereocenters. The van der Waals surface area contributed by atoms with E-state index in [4.69, 9.17) is 23.2 Å². The van der Waals surface area contributed by atoms with E-state index in [1.165, 1.54) is 0 Å². The molecule has 1 saturated heterocycles. The molecule has 26 heavy (non-hydrogen) atoms. The monoisotopic (exact) mass is 394 g/mol. The van der Waals surface area contributed by atoms with Crippen LogP contribution >= 0.6 is 23.2 Å². The number of fused-ring (bicyclic) bond motifs is 1. The molecule has 6 nitrogen and oxygen atoms in total. The Morgan fingerprint density at radius 3 is 2.62 bits per heavy atom. The molecule has 1 saturated carbocycles. The molecule has 0 radical (unpaired) electrons. The van der Waals surface area contributed by atoms with Crippen LogP contribution in [-0.2, 0) is 7.05 Å². The molecule has 1 aromatic heterocycles. The molecule has 1 aliphatic carbocycles. The number of aromatic nitrogens is 1. The Morgan fingerprint density at radius 2 is 2.00 bits per heavy atom. The van der Waals surface area contributed by atoms with Crippen LogP contribution in [-0.4, -0.2) is 47.6 Å². The Kier molecular flexibility index (Phi) is 4.08. The smallest absolute Gasteiger partial charge is 0.317 e. The van der Waals surface area contributed by atoms with Gasteiger partial charge in [-0.05, 0) is 31.0 Å². The number of amides is 3. The van der Waals surface area contributed by atoms with E-state index in [9.17, 15) is 9.59 Å². The zero-order valence-corrected chi connectivity index (χ0v) is 16.1. The summed E-state index contributed by atoms with van der Waals surface area (Å²) in [5.74, 6) is -0.127. The van der Waals surface area contributed by atoms with Crippen LogP contribution in [0.4, 0.5) is 4.79 Å². The molecular weight excluding hydrogens is 375 g/mol. The van der Waals surface area contributed by atoms with E-state index in [0.717, 1.165) is 23.7 Å². The molecule has 1 spiro atoms. The highest BCUT2D eigenvalue weighted by Crippen LogP contribution is 2.48. The number of carbonyl (C=O) groups excluding carboxylic acids is 2. The summed E-state index contributed by atoms with van der Waals surface area (Å²) in [5.41, 5.74) is 1.43. The molecule has 2 N–H and O–H groups in total. The van der Waals surface area contributed by atoms with Crippen LogP contribution in [0.15, 0.2) is 18.2 Å². The Bertz CT molecular complexity index is 918. The van der Waals surface area contributed by atoms with Crippen molar-refractivity contribution in [2.45, 2.75) is 18.9 Å². The summed E-state index contributed by atoms with van der Waals surface area (Å²) in [4.78, 5) is 26.3. The molecule has 2 fully saturated rings. The van der Waals surface area contributed by atoms with Gasteiger partial charge in [0.2, 0.25) is 0 Å². The minimum atomic E-state index is -0.127. The Balaban J connectivity index is 1.51. The van der Waals surface area contributed by atoms with Crippen molar-refractivity contribution >= 4 is 46.0 Å². The number of aryl methyl sites for hydroxylation is 1. The zero-order chi connectivity index (χ0) is 18.6. The normalized spacial score (nSPS) is 20.6. The highest BCUT2D eigenvalue weighted by atomic mass is 35.5. The molecule has 3 amide bonds. The van der Waals surface area contributed by atoms with Gasteiger partial charge in [0.1, 0.15) is 5.69 Å². The minimum Gasteiger partial charge on any atom is -0.347 e. The first-order chi connectivity index (χ1) is 12.4. The number of benzene rings is 1. The van der Waals surface area contributed by atoms with Crippen molar-refractivity contribution in [1.29, 1.82) is 0 Å². The zero-order valence-electron chi connectivity index (χ0n) is 14.6. The quantitative estimate of drug-likeness (QED) is 0.821. The van der Waals surface area contributed by atoms with Crippen LogP contribution in [0.3, 0.4) is 0 Å². The highest BCUT2D eigenvalue weighted by Gasteiger charge is 2.56. The van der Waals surface area contributed by atoms with Crippen molar-refractivity contribution in [1.82, 2.24) is 20.1 Å². The third-order valence-corrected chi connectivity index (χ3v) is 6.65. The maximum Gasteiger partial charge on any atom is 0.317 e. The molecule has 2 aromatic rings. The van der Waals surface area contributed by atoms with Gasteiger partial charge in [-0.15, -0.1) is 0 Å². The lowest BCUT2D eigenvalue weighted by atomic mass is 9.59. The summed E-state index contributed by atoms with van der Waals surface area (Å²) < 4.78 is 1.83. The Morgan fingerprint density at radius 1 is 1.27 bits per heavy atom. The predicted octanol–water partition coefficient (Wildman–Crippen LogP) is 3.02. The third-order valence-electron chi connectivity index (χ3n) is 5.83. The second-order valence-electron chi connectivity index (χ2n) is 7.22. The number of hydrogen-bond donors (Lipinski definition) is 2. The number of halogens is 2. The fraction of sp³-hybridized carbons (Fsp3) is 0.444. The fourth-order valence-corrected chi connectivity index (χ4v) is 4.49. The fourth-order valence-electron chi connectivity index (χ4n) is 4.12. The van der Waals surface area contributed by atoms with E-state index in [1.807, 2.05) is 17.7 Å². The summed E-state index contributed by atoms with van der Waals surface area (Å²) in [6, 6.07) is 5.40. The maximum atomic E-state index is 12.8. The largest absolute Gasteiger partial charge is 0.347 e. The first kappa shape index (κ1) is 17.5. The van der Waals surface area contributed by atoms with Crippen LogP contribution < -0.4 is 10.6 Å². The number of hydrogen-bond acceptors (Lipinski definition) is 2. The van der Waals surface area contributed by atoms with Gasteiger partial charge in [0.15, 0.2) is 0 Å². The second-order valence-corrected chi connectivity index (χ2v) is 8.01. The van der Waals surface area contributed by atoms with Crippen molar-refractivity contribution in [3.63, 3.8) is 0 Å². The Labute approximate surface area is 161 Å². The van der Waals surface area contributed by atoms with E-state index in [1.54, 1.807) is 24.1 Å². The number of urea groups is 1. The molecule has 0 bridgehead atoms. The molecule has 2 aliphatic rings. The molecule has 4 rings (SSSR count). The highest BCUT2D eigenvalue weighted by molar-refractivity contribution is 6.45. The molecule has 8 heteroatoms. The standard InChI is InChI=1S/C18H20Cl2N4O2/c1-21-17(26)24-8-18(9-24)6-5-14(18)22-16(25)13-7-10-12(23(13)2)4-3-11(19)15(10)20/h3-4,7,14H,5-6,8-9H2,1-2H3,(H,21,26)(H,22,25). The van der Waals surface area contributed by atoms with Crippen LogP contribution in [0.5, 0.6) is 0 Å². The van der Waals surface area contributed by atoms with Gasteiger partial charge in [0, 0.05) is 49.5 Å². The first-order valence-electron chi connectivity index (χ1n) is 8.57. The number of rotatable bonds is 2. The van der Waals surface area contributed by atoms with E-state index in [-0.39, 0.29) is 23.4 Å². The number of likely N-dealkylation sites (tertiary alicyclic amines) is 1. The summed E-state index contributed by atoms with van der Waals surface area (Å²) in [6.07, 6.45) is 1.96. The molecule has 2 heterocycles. The molecular formula is C18H20Cl2N4O2. The van der Waals surface area contributed by atoms with Crippen molar-refractivity contribution in [3.05, 3.63) is 33.9 Å². The Hall–Kier alpha value is -1.92. The van der Waals surface area contributed by atoms with Gasteiger partial charge in [-0.1, -0.05) is 23.2 Å². The van der Waals surface area contributed by atoms with Gasteiger partial charge in [0.25, 0.3) is 5.91 Å². The van der Waals surface area contributed by atoms with Crippen LogP contribution in [0.1, 0.15) is 23.3 Å². The molecule has 1 unspecified atom stereocenters. The van der Waals surface area contributed by atoms with Crippen LogP contribution in [0, 0.1) is 5.41 Å². The van der Waals surface area contributed by atoms with Gasteiger partial charge in [-0.2, -0.15) is 0 Å². The SMILES string of the molecule is CNC(=O)N1CC2(CCC2NC(=O)c2cc3c(Cl)c(Cl)ccc3n2C)C1. The lowest BCUT2D eigenvalue weighted by Gasteiger charge is -2.60.